The molecule has 0 aromatic carbocycles. The first-order valence-corrected chi connectivity index (χ1v) is 6.99. The predicted octanol–water partition coefficient (Wildman–Crippen LogP) is 2.99. The smallest absolute Gasteiger partial charge is 0.410 e. The highest BCUT2D eigenvalue weighted by molar-refractivity contribution is 9.09. The highest BCUT2D eigenvalue weighted by atomic mass is 79.9. The summed E-state index contributed by atoms with van der Waals surface area (Å²) < 4.78 is 5.12. The van der Waals surface area contributed by atoms with Crippen molar-refractivity contribution in [3.63, 3.8) is 0 Å². The number of amides is 1. The van der Waals surface area contributed by atoms with E-state index in [1.54, 1.807) is 11.1 Å². The number of carbonyl (C=O) groups excluding carboxylic acids is 1. The second-order valence-corrected chi connectivity index (χ2v) is 5.87. The molecule has 98 valence electrons. The number of aromatic nitrogens is 1. The number of halogens is 1. The van der Waals surface area contributed by atoms with Crippen molar-refractivity contribution in [2.24, 2.45) is 5.92 Å². The molecule has 5 heteroatoms. The zero-order valence-electron chi connectivity index (χ0n) is 10.5. The number of hydrogen-bond donors (Lipinski definition) is 0. The van der Waals surface area contributed by atoms with Crippen LogP contribution in [0.25, 0.3) is 0 Å². The average molecular weight is 313 g/mol. The van der Waals surface area contributed by atoms with Gasteiger partial charge in [-0.05, 0) is 18.1 Å². The molecule has 0 aliphatic carbocycles. The minimum absolute atomic E-state index is 0.0330. The van der Waals surface area contributed by atoms with E-state index in [1.165, 1.54) is 0 Å². The number of hydrogen-bond acceptors (Lipinski definition) is 3. The van der Waals surface area contributed by atoms with Crippen LogP contribution in [0.4, 0.5) is 4.79 Å². The summed E-state index contributed by atoms with van der Waals surface area (Å²) in [7, 11) is 0. The van der Waals surface area contributed by atoms with Crippen molar-refractivity contribution in [3.8, 4) is 0 Å². The Labute approximate surface area is 115 Å². The standard InChI is InChI=1S/C13H17BrN2O2/c1-9(2)12-8-18-13(17)16(12)7-10(14)11-5-3-4-6-15-11/h3-6,9-10,12H,7-8H2,1-2H3/t10-,12-/m1/s1. The molecular formula is C13H17BrN2O2. The summed E-state index contributed by atoms with van der Waals surface area (Å²) in [6.07, 6.45) is 1.53. The maximum absolute atomic E-state index is 11.7. The lowest BCUT2D eigenvalue weighted by Gasteiger charge is -2.26. The van der Waals surface area contributed by atoms with Crippen LogP contribution in [0.3, 0.4) is 0 Å². The molecule has 0 bridgehead atoms. The molecule has 0 unspecified atom stereocenters. The molecule has 1 saturated heterocycles. The lowest BCUT2D eigenvalue weighted by Crippen LogP contribution is -2.39. The largest absolute Gasteiger partial charge is 0.447 e. The molecule has 1 aromatic heterocycles. The van der Waals surface area contributed by atoms with Gasteiger partial charge >= 0.3 is 6.09 Å². The van der Waals surface area contributed by atoms with Crippen LogP contribution < -0.4 is 0 Å². The van der Waals surface area contributed by atoms with Gasteiger partial charge in [-0.25, -0.2) is 4.79 Å². The molecule has 0 spiro atoms. The van der Waals surface area contributed by atoms with Crippen LogP contribution in [0.15, 0.2) is 24.4 Å². The van der Waals surface area contributed by atoms with Crippen molar-refractivity contribution in [1.82, 2.24) is 9.88 Å². The molecule has 2 rings (SSSR count). The second-order valence-electron chi connectivity index (χ2n) is 4.76. The van der Waals surface area contributed by atoms with Gasteiger partial charge in [-0.2, -0.15) is 0 Å². The Morgan fingerprint density at radius 3 is 2.94 bits per heavy atom. The quantitative estimate of drug-likeness (QED) is 0.803. The predicted molar refractivity (Wildman–Crippen MR) is 72.6 cm³/mol. The zero-order valence-corrected chi connectivity index (χ0v) is 12.1. The fourth-order valence-corrected chi connectivity index (χ4v) is 2.64. The first-order chi connectivity index (χ1) is 8.59. The third-order valence-corrected chi connectivity index (χ3v) is 3.91. The Morgan fingerprint density at radius 2 is 2.33 bits per heavy atom. The van der Waals surface area contributed by atoms with Gasteiger partial charge in [-0.3, -0.25) is 4.98 Å². The van der Waals surface area contributed by atoms with E-state index in [-0.39, 0.29) is 17.0 Å². The van der Waals surface area contributed by atoms with Crippen LogP contribution in [-0.2, 0) is 4.74 Å². The molecule has 1 amide bonds. The van der Waals surface area contributed by atoms with Crippen molar-refractivity contribution < 1.29 is 9.53 Å². The average Bonchev–Trinajstić information content (AvgIpc) is 2.72. The maximum atomic E-state index is 11.7. The van der Waals surface area contributed by atoms with E-state index in [9.17, 15) is 4.79 Å². The number of ether oxygens (including phenoxy) is 1. The summed E-state index contributed by atoms with van der Waals surface area (Å²) in [5.74, 6) is 0.389. The van der Waals surface area contributed by atoms with Gasteiger partial charge in [-0.15, -0.1) is 0 Å². The number of alkyl halides is 1. The molecule has 2 atom stereocenters. The van der Waals surface area contributed by atoms with E-state index in [1.807, 2.05) is 18.2 Å². The fourth-order valence-electron chi connectivity index (χ4n) is 2.05. The lowest BCUT2D eigenvalue weighted by molar-refractivity contribution is 0.157. The van der Waals surface area contributed by atoms with Crippen molar-refractivity contribution in [3.05, 3.63) is 30.1 Å². The highest BCUT2D eigenvalue weighted by Gasteiger charge is 2.36. The topological polar surface area (TPSA) is 42.4 Å². The van der Waals surface area contributed by atoms with Crippen molar-refractivity contribution in [2.45, 2.75) is 24.7 Å². The number of cyclic esters (lactones) is 1. The van der Waals surface area contributed by atoms with E-state index < -0.39 is 0 Å². The summed E-state index contributed by atoms with van der Waals surface area (Å²) in [5, 5.41) is 0. The monoisotopic (exact) mass is 312 g/mol. The summed E-state index contributed by atoms with van der Waals surface area (Å²) >= 11 is 3.59. The normalized spacial score (nSPS) is 21.2. The van der Waals surface area contributed by atoms with Gasteiger partial charge in [0.15, 0.2) is 0 Å². The maximum Gasteiger partial charge on any atom is 0.410 e. The van der Waals surface area contributed by atoms with Crippen LogP contribution in [0, 0.1) is 5.92 Å². The second kappa shape index (κ2) is 5.69. The van der Waals surface area contributed by atoms with Gasteiger partial charge < -0.3 is 9.64 Å². The van der Waals surface area contributed by atoms with Crippen LogP contribution >= 0.6 is 15.9 Å². The number of carbonyl (C=O) groups is 1. The van der Waals surface area contributed by atoms with Crippen LogP contribution in [0.5, 0.6) is 0 Å². The molecular weight excluding hydrogens is 296 g/mol. The summed E-state index contributed by atoms with van der Waals surface area (Å²) in [5.41, 5.74) is 0.930. The molecule has 1 aromatic rings. The Hall–Kier alpha value is -1.10. The van der Waals surface area contributed by atoms with Crippen LogP contribution in [0.1, 0.15) is 24.4 Å². The van der Waals surface area contributed by atoms with E-state index in [2.05, 4.69) is 34.8 Å². The molecule has 0 N–H and O–H groups in total. The van der Waals surface area contributed by atoms with Crippen molar-refractivity contribution in [1.29, 1.82) is 0 Å². The first kappa shape index (κ1) is 13.3. The summed E-state index contributed by atoms with van der Waals surface area (Å²) in [6.45, 7) is 5.27. The molecule has 18 heavy (non-hydrogen) atoms. The Bertz CT molecular complexity index is 411. The molecule has 1 fully saturated rings. The Balaban J connectivity index is 2.06. The van der Waals surface area contributed by atoms with Gasteiger partial charge in [0, 0.05) is 12.7 Å². The number of pyridine rings is 1. The molecule has 0 radical (unpaired) electrons. The Morgan fingerprint density at radius 1 is 1.56 bits per heavy atom. The van der Waals surface area contributed by atoms with E-state index in [0.717, 1.165) is 5.69 Å². The third kappa shape index (κ3) is 2.83. The third-order valence-electron chi connectivity index (χ3n) is 3.15. The van der Waals surface area contributed by atoms with Gasteiger partial charge in [0.2, 0.25) is 0 Å². The van der Waals surface area contributed by atoms with Gasteiger partial charge in [-0.1, -0.05) is 35.8 Å². The molecule has 2 heterocycles. The van der Waals surface area contributed by atoms with E-state index in [4.69, 9.17) is 4.74 Å². The van der Waals surface area contributed by atoms with Gasteiger partial charge in [0.25, 0.3) is 0 Å². The first-order valence-electron chi connectivity index (χ1n) is 6.08. The minimum Gasteiger partial charge on any atom is -0.447 e. The molecule has 4 nitrogen and oxygen atoms in total. The van der Waals surface area contributed by atoms with Crippen molar-refractivity contribution >= 4 is 22.0 Å². The van der Waals surface area contributed by atoms with Gasteiger partial charge in [0.05, 0.1) is 16.6 Å². The van der Waals surface area contributed by atoms with E-state index >= 15 is 0 Å². The molecule has 0 saturated carbocycles. The Kier molecular flexibility index (Phi) is 4.22. The molecule has 1 aliphatic heterocycles. The summed E-state index contributed by atoms with van der Waals surface area (Å²) in [4.78, 5) is 17.8. The number of nitrogens with zero attached hydrogens (tertiary/aromatic N) is 2. The summed E-state index contributed by atoms with van der Waals surface area (Å²) in [6, 6.07) is 5.93. The minimum atomic E-state index is -0.228. The zero-order chi connectivity index (χ0) is 13.1. The fraction of sp³-hybridized carbons (Fsp3) is 0.538. The number of rotatable bonds is 4. The van der Waals surface area contributed by atoms with Crippen LogP contribution in [0.2, 0.25) is 0 Å². The van der Waals surface area contributed by atoms with E-state index in [0.29, 0.717) is 19.1 Å². The highest BCUT2D eigenvalue weighted by Crippen LogP contribution is 2.27. The lowest BCUT2D eigenvalue weighted by atomic mass is 10.0. The van der Waals surface area contributed by atoms with Crippen molar-refractivity contribution in [2.75, 3.05) is 13.2 Å². The SMILES string of the molecule is CC(C)[C@H]1COC(=O)N1C[C@@H](Br)c1ccccn1. The van der Waals surface area contributed by atoms with Gasteiger partial charge in [0.1, 0.15) is 6.61 Å². The molecule has 1 aliphatic rings. The van der Waals surface area contributed by atoms with Crippen LogP contribution in [-0.4, -0.2) is 35.2 Å².